The Labute approximate surface area is 157 Å². The summed E-state index contributed by atoms with van der Waals surface area (Å²) >= 11 is 0. The second-order valence-corrected chi connectivity index (χ2v) is 5.65. The van der Waals surface area contributed by atoms with Crippen LogP contribution in [0.15, 0.2) is 72.8 Å². The van der Waals surface area contributed by atoms with Crippen LogP contribution in [0.3, 0.4) is 0 Å². The van der Waals surface area contributed by atoms with Crippen LogP contribution in [0, 0.1) is 11.3 Å². The van der Waals surface area contributed by atoms with Gasteiger partial charge in [0.05, 0.1) is 18.7 Å². The molecule has 0 aliphatic rings. The van der Waals surface area contributed by atoms with Gasteiger partial charge in [-0.15, -0.1) is 0 Å². The van der Waals surface area contributed by atoms with Gasteiger partial charge in [-0.3, -0.25) is 0 Å². The molecule has 0 saturated carbocycles. The highest BCUT2D eigenvalue weighted by Gasteiger charge is 2.07. The van der Waals surface area contributed by atoms with Gasteiger partial charge in [0.25, 0.3) is 0 Å². The minimum atomic E-state index is -0.489. The fraction of sp³-hybridized carbons (Fsp3) is 0.0909. The Bertz CT molecular complexity index is 940. The van der Waals surface area contributed by atoms with Gasteiger partial charge in [-0.2, -0.15) is 5.26 Å². The summed E-state index contributed by atoms with van der Waals surface area (Å²) < 4.78 is 15.7. The summed E-state index contributed by atoms with van der Waals surface area (Å²) in [6, 6.07) is 23.5. The molecule has 0 N–H and O–H groups in total. The van der Waals surface area contributed by atoms with Crippen molar-refractivity contribution in [2.24, 2.45) is 0 Å². The van der Waals surface area contributed by atoms with Crippen LogP contribution in [-0.4, -0.2) is 19.7 Å². The van der Waals surface area contributed by atoms with Gasteiger partial charge in [0.2, 0.25) is 0 Å². The number of hydrogen-bond acceptors (Lipinski definition) is 5. The number of methoxy groups -OCH3 is 1. The molecule has 0 aromatic heterocycles. The Balaban J connectivity index is 1.55. The highest BCUT2D eigenvalue weighted by molar-refractivity contribution is 5.74. The lowest BCUT2D eigenvalue weighted by atomic mass is 10.0. The number of ether oxygens (including phenoxy) is 3. The van der Waals surface area contributed by atoms with Crippen molar-refractivity contribution in [3.63, 3.8) is 0 Å². The number of esters is 1. The van der Waals surface area contributed by atoms with E-state index in [1.165, 1.54) is 0 Å². The van der Waals surface area contributed by atoms with Crippen molar-refractivity contribution in [1.82, 2.24) is 0 Å². The Morgan fingerprint density at radius 3 is 1.89 bits per heavy atom. The molecular formula is C22H17NO4. The van der Waals surface area contributed by atoms with Crippen LogP contribution in [-0.2, 0) is 4.79 Å². The van der Waals surface area contributed by atoms with Gasteiger partial charge in [0.1, 0.15) is 17.2 Å². The first-order chi connectivity index (χ1) is 13.2. The van der Waals surface area contributed by atoms with E-state index in [0.717, 1.165) is 11.1 Å². The molecule has 3 aromatic rings. The van der Waals surface area contributed by atoms with Gasteiger partial charge in [-0.25, -0.2) is 4.79 Å². The van der Waals surface area contributed by atoms with Crippen molar-refractivity contribution in [3.05, 3.63) is 78.4 Å². The molecule has 0 amide bonds. The number of hydrogen-bond donors (Lipinski definition) is 0. The number of benzene rings is 3. The van der Waals surface area contributed by atoms with E-state index in [2.05, 4.69) is 6.07 Å². The summed E-state index contributed by atoms with van der Waals surface area (Å²) in [5.41, 5.74) is 2.56. The van der Waals surface area contributed by atoms with Crippen LogP contribution < -0.4 is 14.2 Å². The molecule has 134 valence electrons. The monoisotopic (exact) mass is 359 g/mol. The SMILES string of the molecule is COc1ccc(OCC(=O)Oc2ccc(-c3ccc(C#N)cc3)cc2)cc1. The maximum atomic E-state index is 11.9. The van der Waals surface area contributed by atoms with E-state index < -0.39 is 5.97 Å². The first-order valence-corrected chi connectivity index (χ1v) is 8.26. The third-order valence-electron chi connectivity index (χ3n) is 3.85. The Hall–Kier alpha value is -3.78. The van der Waals surface area contributed by atoms with Gasteiger partial charge in [0, 0.05) is 0 Å². The van der Waals surface area contributed by atoms with Gasteiger partial charge in [-0.1, -0.05) is 24.3 Å². The highest BCUT2D eigenvalue weighted by atomic mass is 16.6. The lowest BCUT2D eigenvalue weighted by Gasteiger charge is -2.08. The van der Waals surface area contributed by atoms with Crippen LogP contribution in [0.25, 0.3) is 11.1 Å². The minimum absolute atomic E-state index is 0.191. The first kappa shape index (κ1) is 18.0. The average molecular weight is 359 g/mol. The molecule has 0 saturated heterocycles. The second-order valence-electron chi connectivity index (χ2n) is 5.65. The van der Waals surface area contributed by atoms with Crippen LogP contribution >= 0.6 is 0 Å². The van der Waals surface area contributed by atoms with E-state index in [0.29, 0.717) is 22.8 Å². The van der Waals surface area contributed by atoms with Crippen molar-refractivity contribution in [1.29, 1.82) is 5.26 Å². The topological polar surface area (TPSA) is 68.6 Å². The van der Waals surface area contributed by atoms with Crippen molar-refractivity contribution in [3.8, 4) is 34.4 Å². The summed E-state index contributed by atoms with van der Waals surface area (Å²) in [4.78, 5) is 11.9. The van der Waals surface area contributed by atoms with Gasteiger partial charge in [-0.05, 0) is 59.7 Å². The number of nitrogens with zero attached hydrogens (tertiary/aromatic N) is 1. The average Bonchev–Trinajstić information content (AvgIpc) is 2.73. The number of nitriles is 1. The zero-order chi connectivity index (χ0) is 19.1. The summed E-state index contributed by atoms with van der Waals surface area (Å²) in [5, 5.41) is 8.85. The van der Waals surface area contributed by atoms with Crippen LogP contribution in [0.4, 0.5) is 0 Å². The smallest absolute Gasteiger partial charge is 0.349 e. The standard InChI is InChI=1S/C22H17NO4/c1-25-19-10-12-20(13-11-19)26-15-22(24)27-21-8-6-18(7-9-21)17-4-2-16(14-23)3-5-17/h2-13H,15H2,1H3. The largest absolute Gasteiger partial charge is 0.497 e. The van der Waals surface area contributed by atoms with Crippen LogP contribution in [0.5, 0.6) is 17.2 Å². The second kappa shape index (κ2) is 8.54. The maximum Gasteiger partial charge on any atom is 0.349 e. The molecule has 3 rings (SSSR count). The lowest BCUT2D eigenvalue weighted by Crippen LogP contribution is -2.17. The van der Waals surface area contributed by atoms with E-state index in [1.54, 1.807) is 55.6 Å². The fourth-order valence-electron chi connectivity index (χ4n) is 2.43. The third kappa shape index (κ3) is 4.86. The summed E-state index contributed by atoms with van der Waals surface area (Å²) in [6.07, 6.45) is 0. The van der Waals surface area contributed by atoms with Gasteiger partial charge >= 0.3 is 5.97 Å². The first-order valence-electron chi connectivity index (χ1n) is 8.26. The molecule has 0 heterocycles. The Morgan fingerprint density at radius 1 is 0.815 bits per heavy atom. The fourth-order valence-corrected chi connectivity index (χ4v) is 2.43. The van der Waals surface area contributed by atoms with Crippen molar-refractivity contribution in [2.75, 3.05) is 13.7 Å². The van der Waals surface area contributed by atoms with Crippen molar-refractivity contribution < 1.29 is 19.0 Å². The van der Waals surface area contributed by atoms with Gasteiger partial charge < -0.3 is 14.2 Å². The van der Waals surface area contributed by atoms with Crippen molar-refractivity contribution >= 4 is 5.97 Å². The summed E-state index contributed by atoms with van der Waals surface area (Å²) in [5.74, 6) is 1.23. The summed E-state index contributed by atoms with van der Waals surface area (Å²) in [6.45, 7) is -0.191. The Kier molecular flexibility index (Phi) is 5.70. The zero-order valence-corrected chi connectivity index (χ0v) is 14.7. The van der Waals surface area contributed by atoms with E-state index in [-0.39, 0.29) is 6.61 Å². The lowest BCUT2D eigenvalue weighted by molar-refractivity contribution is -0.136. The zero-order valence-electron chi connectivity index (χ0n) is 14.7. The predicted octanol–water partition coefficient (Wildman–Crippen LogP) is 4.22. The number of rotatable bonds is 6. The summed E-state index contributed by atoms with van der Waals surface area (Å²) in [7, 11) is 1.58. The normalized spacial score (nSPS) is 9.93. The van der Waals surface area contributed by atoms with E-state index in [4.69, 9.17) is 19.5 Å². The van der Waals surface area contributed by atoms with E-state index >= 15 is 0 Å². The molecule has 0 unspecified atom stereocenters. The molecule has 0 fully saturated rings. The number of carbonyl (C=O) groups is 1. The molecule has 5 heteroatoms. The molecule has 0 atom stereocenters. The van der Waals surface area contributed by atoms with E-state index in [1.807, 2.05) is 24.3 Å². The molecule has 27 heavy (non-hydrogen) atoms. The molecular weight excluding hydrogens is 342 g/mol. The molecule has 5 nitrogen and oxygen atoms in total. The molecule has 0 bridgehead atoms. The molecule has 0 aliphatic heterocycles. The molecule has 0 spiro atoms. The van der Waals surface area contributed by atoms with Gasteiger partial charge in [0.15, 0.2) is 6.61 Å². The van der Waals surface area contributed by atoms with Crippen LogP contribution in [0.2, 0.25) is 0 Å². The number of carbonyl (C=O) groups excluding carboxylic acids is 1. The highest BCUT2D eigenvalue weighted by Crippen LogP contribution is 2.23. The van der Waals surface area contributed by atoms with Crippen molar-refractivity contribution in [2.45, 2.75) is 0 Å². The van der Waals surface area contributed by atoms with E-state index in [9.17, 15) is 4.79 Å². The molecule has 3 aromatic carbocycles. The quantitative estimate of drug-likeness (QED) is 0.487. The third-order valence-corrected chi connectivity index (χ3v) is 3.85. The molecule has 0 radical (unpaired) electrons. The maximum absolute atomic E-state index is 11.9. The van der Waals surface area contributed by atoms with Crippen LogP contribution in [0.1, 0.15) is 5.56 Å². The Morgan fingerprint density at radius 2 is 1.33 bits per heavy atom. The minimum Gasteiger partial charge on any atom is -0.497 e. The predicted molar refractivity (Wildman–Crippen MR) is 101 cm³/mol. The molecule has 0 aliphatic carbocycles.